The van der Waals surface area contributed by atoms with Gasteiger partial charge in [-0.3, -0.25) is 14.1 Å². The minimum atomic E-state index is 0.144. The topological polar surface area (TPSA) is 76.7 Å². The number of pyridine rings is 1. The van der Waals surface area contributed by atoms with Gasteiger partial charge < -0.3 is 10.2 Å². The lowest BCUT2D eigenvalue weighted by Crippen LogP contribution is -2.44. The number of rotatable bonds is 4. The molecule has 0 bridgehead atoms. The lowest BCUT2D eigenvalue weighted by Gasteiger charge is -2.33. The number of fused-ring (bicyclic) bond motifs is 3. The van der Waals surface area contributed by atoms with Crippen molar-refractivity contribution in [3.05, 3.63) is 41.5 Å². The van der Waals surface area contributed by atoms with Gasteiger partial charge in [0, 0.05) is 33.2 Å². The lowest BCUT2D eigenvalue weighted by molar-refractivity contribution is -0.130. The molecule has 0 saturated carbocycles. The van der Waals surface area contributed by atoms with Crippen LogP contribution >= 0.6 is 0 Å². The summed E-state index contributed by atoms with van der Waals surface area (Å²) in [6.07, 6.45) is 1.93. The summed E-state index contributed by atoms with van der Waals surface area (Å²) in [5.74, 6) is 1.11. The predicted molar refractivity (Wildman–Crippen MR) is 114 cm³/mol. The van der Waals surface area contributed by atoms with Gasteiger partial charge in [0.05, 0.1) is 23.1 Å². The number of anilines is 1. The van der Waals surface area contributed by atoms with Gasteiger partial charge in [0.15, 0.2) is 5.65 Å². The number of nitriles is 1. The highest BCUT2D eigenvalue weighted by Crippen LogP contribution is 2.28. The van der Waals surface area contributed by atoms with Crippen molar-refractivity contribution in [2.45, 2.75) is 25.8 Å². The summed E-state index contributed by atoms with van der Waals surface area (Å²) < 4.78 is 2.06. The third kappa shape index (κ3) is 3.64. The zero-order valence-electron chi connectivity index (χ0n) is 17.1. The number of aryl methyl sites for hydroxylation is 1. The fourth-order valence-electron chi connectivity index (χ4n) is 3.98. The Kier molecular flexibility index (Phi) is 5.12. The Morgan fingerprint density at radius 3 is 2.72 bits per heavy atom. The number of nitrogens with one attached hydrogen (secondary N) is 1. The molecular formula is C22H26N6O. The first-order valence-corrected chi connectivity index (χ1v) is 9.98. The largest absolute Gasteiger partial charge is 0.368 e. The number of para-hydroxylation sites is 2. The van der Waals surface area contributed by atoms with Gasteiger partial charge in [-0.05, 0) is 43.5 Å². The second-order valence-corrected chi connectivity index (χ2v) is 7.94. The normalized spacial score (nSPS) is 15.5. The number of carbonyl (C=O) groups is 1. The molecule has 2 aromatic heterocycles. The minimum Gasteiger partial charge on any atom is -0.368 e. The Labute approximate surface area is 170 Å². The van der Waals surface area contributed by atoms with Gasteiger partial charge in [0.25, 0.3) is 0 Å². The van der Waals surface area contributed by atoms with Crippen LogP contribution < -0.4 is 5.32 Å². The molecule has 4 rings (SSSR count). The zero-order valence-corrected chi connectivity index (χ0v) is 17.1. The molecule has 1 saturated heterocycles. The SMILES string of the molecule is Cc1cc(NC2CCN(CC(=O)N(C)C)CC2)n2c(nc3ccccc32)c1C#N. The van der Waals surface area contributed by atoms with E-state index in [0.717, 1.165) is 48.3 Å². The van der Waals surface area contributed by atoms with E-state index >= 15 is 0 Å². The van der Waals surface area contributed by atoms with Crippen molar-refractivity contribution in [2.24, 2.45) is 0 Å². The van der Waals surface area contributed by atoms with Crippen molar-refractivity contribution < 1.29 is 4.79 Å². The first-order valence-electron chi connectivity index (χ1n) is 9.98. The number of benzene rings is 1. The summed E-state index contributed by atoms with van der Waals surface area (Å²) in [5, 5.41) is 13.3. The van der Waals surface area contributed by atoms with Crippen LogP contribution in [0.2, 0.25) is 0 Å². The number of likely N-dealkylation sites (N-methyl/N-ethyl adjacent to an activating group) is 1. The Morgan fingerprint density at radius 2 is 2.03 bits per heavy atom. The molecule has 1 fully saturated rings. The van der Waals surface area contributed by atoms with Crippen LogP contribution in [0.25, 0.3) is 16.7 Å². The van der Waals surface area contributed by atoms with Crippen LogP contribution in [0, 0.1) is 18.3 Å². The van der Waals surface area contributed by atoms with Crippen LogP contribution in [0.15, 0.2) is 30.3 Å². The summed E-state index contributed by atoms with van der Waals surface area (Å²) in [5.41, 5.74) is 4.12. The Morgan fingerprint density at radius 1 is 1.31 bits per heavy atom. The maximum atomic E-state index is 12.0. The van der Waals surface area contributed by atoms with Gasteiger partial charge in [-0.2, -0.15) is 5.26 Å². The van der Waals surface area contributed by atoms with Gasteiger partial charge in [-0.1, -0.05) is 12.1 Å². The number of aromatic nitrogens is 2. The van der Waals surface area contributed by atoms with Crippen molar-refractivity contribution in [3.8, 4) is 6.07 Å². The highest BCUT2D eigenvalue weighted by Gasteiger charge is 2.23. The van der Waals surface area contributed by atoms with Gasteiger partial charge in [0.2, 0.25) is 5.91 Å². The van der Waals surface area contributed by atoms with Crippen LogP contribution in [0.5, 0.6) is 0 Å². The van der Waals surface area contributed by atoms with Gasteiger partial charge in [0.1, 0.15) is 11.9 Å². The van der Waals surface area contributed by atoms with Gasteiger partial charge >= 0.3 is 0 Å². The summed E-state index contributed by atoms with van der Waals surface area (Å²) in [6, 6.07) is 12.6. The summed E-state index contributed by atoms with van der Waals surface area (Å²) >= 11 is 0. The molecule has 0 radical (unpaired) electrons. The van der Waals surface area contributed by atoms with E-state index in [9.17, 15) is 10.1 Å². The number of piperidine rings is 1. The first-order chi connectivity index (χ1) is 14.0. The van der Waals surface area contributed by atoms with Crippen LogP contribution in [-0.2, 0) is 4.79 Å². The van der Waals surface area contributed by atoms with Crippen molar-refractivity contribution in [3.63, 3.8) is 0 Å². The van der Waals surface area contributed by atoms with Gasteiger partial charge in [-0.25, -0.2) is 4.98 Å². The molecular weight excluding hydrogens is 364 g/mol. The molecule has 7 nitrogen and oxygen atoms in total. The number of amides is 1. The van der Waals surface area contributed by atoms with Crippen molar-refractivity contribution >= 4 is 28.4 Å². The first kappa shape index (κ1) is 19.2. The highest BCUT2D eigenvalue weighted by atomic mass is 16.2. The molecule has 29 heavy (non-hydrogen) atoms. The third-order valence-electron chi connectivity index (χ3n) is 5.68. The average molecular weight is 390 g/mol. The minimum absolute atomic E-state index is 0.144. The highest BCUT2D eigenvalue weighted by molar-refractivity contribution is 5.85. The molecule has 3 aromatic rings. The second kappa shape index (κ2) is 7.72. The van der Waals surface area contributed by atoms with E-state index in [1.165, 1.54) is 0 Å². The lowest BCUT2D eigenvalue weighted by atomic mass is 10.0. The van der Waals surface area contributed by atoms with E-state index in [0.29, 0.717) is 23.8 Å². The number of hydrogen-bond donors (Lipinski definition) is 1. The molecule has 0 spiro atoms. The molecule has 1 amide bonds. The Balaban J connectivity index is 1.59. The number of carbonyl (C=O) groups excluding carboxylic acids is 1. The van der Waals surface area contributed by atoms with E-state index in [-0.39, 0.29) is 5.91 Å². The van der Waals surface area contributed by atoms with Gasteiger partial charge in [-0.15, -0.1) is 0 Å². The molecule has 150 valence electrons. The molecule has 3 heterocycles. The van der Waals surface area contributed by atoms with Crippen molar-refractivity contribution in [1.82, 2.24) is 19.2 Å². The number of nitrogens with zero attached hydrogens (tertiary/aromatic N) is 5. The summed E-state index contributed by atoms with van der Waals surface area (Å²) in [7, 11) is 3.59. The molecule has 0 aliphatic carbocycles. The smallest absolute Gasteiger partial charge is 0.236 e. The molecule has 1 aromatic carbocycles. The third-order valence-corrected chi connectivity index (χ3v) is 5.68. The van der Waals surface area contributed by atoms with Crippen LogP contribution in [-0.4, -0.2) is 64.9 Å². The van der Waals surface area contributed by atoms with Crippen LogP contribution in [0.1, 0.15) is 24.0 Å². The molecule has 0 atom stereocenters. The summed E-state index contributed by atoms with van der Waals surface area (Å²) in [6.45, 7) is 4.21. The van der Waals surface area contributed by atoms with Crippen molar-refractivity contribution in [1.29, 1.82) is 5.26 Å². The van der Waals surface area contributed by atoms with E-state index in [4.69, 9.17) is 4.98 Å². The average Bonchev–Trinajstić information content (AvgIpc) is 3.09. The van der Waals surface area contributed by atoms with Crippen LogP contribution in [0.4, 0.5) is 5.82 Å². The molecule has 1 N–H and O–H groups in total. The Hall–Kier alpha value is -3.11. The predicted octanol–water partition coefficient (Wildman–Crippen LogP) is 2.63. The molecule has 0 unspecified atom stereocenters. The van der Waals surface area contributed by atoms with E-state index in [2.05, 4.69) is 20.7 Å². The second-order valence-electron chi connectivity index (χ2n) is 7.94. The standard InChI is InChI=1S/C22H26N6O/c1-15-12-20(24-16-8-10-27(11-9-16)14-21(29)26(2)3)28-19-7-5-4-6-18(19)25-22(28)17(15)13-23/h4-7,12,16,24H,8-11,14H2,1-3H3. The Bertz CT molecular complexity index is 1100. The maximum absolute atomic E-state index is 12.0. The number of hydrogen-bond acceptors (Lipinski definition) is 5. The molecule has 1 aliphatic rings. The van der Waals surface area contributed by atoms with Crippen LogP contribution in [0.3, 0.4) is 0 Å². The van der Waals surface area contributed by atoms with E-state index in [1.807, 2.05) is 37.3 Å². The van der Waals surface area contributed by atoms with E-state index in [1.54, 1.807) is 19.0 Å². The zero-order chi connectivity index (χ0) is 20.5. The van der Waals surface area contributed by atoms with Crippen molar-refractivity contribution in [2.75, 3.05) is 39.0 Å². The summed E-state index contributed by atoms with van der Waals surface area (Å²) in [4.78, 5) is 20.5. The number of likely N-dealkylation sites (tertiary alicyclic amines) is 1. The quantitative estimate of drug-likeness (QED) is 0.741. The molecule has 7 heteroatoms. The fourth-order valence-corrected chi connectivity index (χ4v) is 3.98. The monoisotopic (exact) mass is 390 g/mol. The van der Waals surface area contributed by atoms with E-state index < -0.39 is 0 Å². The maximum Gasteiger partial charge on any atom is 0.236 e. The molecule has 1 aliphatic heterocycles. The fraction of sp³-hybridized carbons (Fsp3) is 0.409. The number of imidazole rings is 1.